The van der Waals surface area contributed by atoms with E-state index in [9.17, 15) is 19.2 Å². The first-order chi connectivity index (χ1) is 60.2. The molecule has 0 heterocycles. The van der Waals surface area contributed by atoms with Crippen LogP contribution in [0.4, 0.5) is 0 Å². The normalized spacial score (nSPS) is 11.1. The number of carbonyl (C=O) groups is 4. The van der Waals surface area contributed by atoms with Crippen molar-refractivity contribution in [1.82, 2.24) is 0 Å². The fourth-order valence-corrected chi connectivity index (χ4v) is 12.1. The lowest BCUT2D eigenvalue weighted by atomic mass is 10.1. The highest BCUT2D eigenvalue weighted by atomic mass is 16.6. The monoisotopic (exact) mass is 1710 g/mol. The molecule has 25 nitrogen and oxygen atoms in total. The van der Waals surface area contributed by atoms with Gasteiger partial charge in [-0.25, -0.2) is 19.2 Å². The van der Waals surface area contributed by atoms with Crippen molar-refractivity contribution in [3.8, 4) is 45.6 Å². The van der Waals surface area contributed by atoms with E-state index in [1.807, 2.05) is 60.7 Å². The third kappa shape index (κ3) is 61.4. The Morgan fingerprint density at radius 1 is 0.213 bits per heavy atom. The topological polar surface area (TPSA) is 284 Å². The molecule has 684 valence electrons. The van der Waals surface area contributed by atoms with Gasteiger partial charge >= 0.3 is 23.9 Å². The van der Waals surface area contributed by atoms with E-state index in [0.29, 0.717) is 214 Å². The Balaban J connectivity index is 0.000000579. The average molecular weight is 1710 g/mol. The van der Waals surface area contributed by atoms with Gasteiger partial charge in [0.2, 0.25) is 0 Å². The first kappa shape index (κ1) is 106. The molecule has 0 saturated heterocycles. The summed E-state index contributed by atoms with van der Waals surface area (Å²) in [6.07, 6.45) is 35.9. The number of ether oxygens (including phenoxy) is 19. The van der Waals surface area contributed by atoms with E-state index in [-0.39, 0.29) is 18.5 Å². The summed E-state index contributed by atoms with van der Waals surface area (Å²) < 4.78 is 105. The fourth-order valence-electron chi connectivity index (χ4n) is 12.1. The van der Waals surface area contributed by atoms with Crippen molar-refractivity contribution in [1.29, 1.82) is 0 Å². The number of hydrogen-bond acceptors (Lipinski definition) is 25. The molecule has 5 rings (SSSR count). The molecule has 0 aliphatic rings. The van der Waals surface area contributed by atoms with Crippen LogP contribution < -0.4 is 28.4 Å². The number of benzene rings is 5. The zero-order chi connectivity index (χ0) is 86.8. The number of esters is 4. The molecule has 0 aliphatic carbocycles. The molecular weight excluding hydrogens is 1570 g/mol. The number of carbonyl (C=O) groups excluding carboxylic acids is 4. The average Bonchev–Trinajstić information content (AvgIpc) is 0.856. The third-order valence-electron chi connectivity index (χ3n) is 18.9. The lowest BCUT2D eigenvalue weighted by molar-refractivity contribution is -0.138. The Kier molecular flexibility index (Phi) is 69.0. The van der Waals surface area contributed by atoms with Crippen molar-refractivity contribution < 1.29 is 119 Å². The number of aliphatic hydroxyl groups excluding tert-OH is 2. The molecule has 122 heavy (non-hydrogen) atoms. The van der Waals surface area contributed by atoms with Crippen LogP contribution in [-0.4, -0.2) is 232 Å². The van der Waals surface area contributed by atoms with Crippen molar-refractivity contribution in [2.75, 3.05) is 198 Å². The smallest absolute Gasteiger partial charge is 0.343 e. The van der Waals surface area contributed by atoms with Crippen LogP contribution in [0.3, 0.4) is 0 Å². The summed E-state index contributed by atoms with van der Waals surface area (Å²) in [7, 11) is 0. The van der Waals surface area contributed by atoms with Crippen molar-refractivity contribution in [3.05, 3.63) is 158 Å². The van der Waals surface area contributed by atoms with Crippen LogP contribution in [0.15, 0.2) is 147 Å². The largest absolute Gasteiger partial charge is 0.494 e. The highest BCUT2D eigenvalue weighted by Crippen LogP contribution is 2.27. The number of rotatable bonds is 83. The minimum absolute atomic E-state index is 0.0168. The fraction of sp³-hybridized carbons (Fsp3) is 0.608. The molecule has 0 amide bonds. The summed E-state index contributed by atoms with van der Waals surface area (Å²) in [6.45, 7) is 20.9. The highest BCUT2D eigenvalue weighted by Gasteiger charge is 2.13. The molecule has 0 radical (unpaired) electrons. The molecule has 2 N–H and O–H groups in total. The maximum atomic E-state index is 12.8. The van der Waals surface area contributed by atoms with Gasteiger partial charge in [0.05, 0.1) is 196 Å². The predicted molar refractivity (Wildman–Crippen MR) is 472 cm³/mol. The van der Waals surface area contributed by atoms with Crippen LogP contribution in [-0.2, 0) is 71.2 Å². The molecule has 0 spiro atoms. The molecule has 0 atom stereocenters. The van der Waals surface area contributed by atoms with E-state index >= 15 is 0 Å². The Bertz CT molecular complexity index is 3270. The molecule has 5 aromatic carbocycles. The highest BCUT2D eigenvalue weighted by molar-refractivity contribution is 5.92. The first-order valence-electron chi connectivity index (χ1n) is 44.8. The summed E-state index contributed by atoms with van der Waals surface area (Å²) >= 11 is 0. The predicted octanol–water partition coefficient (Wildman–Crippen LogP) is 17.9. The lowest BCUT2D eigenvalue weighted by Gasteiger charge is -2.10. The Morgan fingerprint density at radius 3 is 0.664 bits per heavy atom. The first-order valence-corrected chi connectivity index (χ1v) is 44.8. The molecule has 0 bridgehead atoms. The SMILES string of the molecule is C=CC(=O)OCCCCCCCCCCCCOc1ccc(C(=O)Oc2ccc(-c3ccc(OCCOCCOCCOCCOCCOCCOCCOCCOCCOCCOCCOCCO)cc3)cc2)cc1.C=CC(=O)OCCCCCCCCCCCCOc1ccc(C(=O)Oc2ccc(OCCCCCCCCCCCO)cc2)cc1. The Morgan fingerprint density at radius 2 is 0.410 bits per heavy atom. The number of unbranched alkanes of at least 4 members (excludes halogenated alkanes) is 26. The summed E-state index contributed by atoms with van der Waals surface area (Å²) in [5, 5.41) is 17.4. The second-order valence-electron chi connectivity index (χ2n) is 28.9. The molecule has 0 fully saturated rings. The molecule has 5 aromatic rings. The van der Waals surface area contributed by atoms with Gasteiger partial charge in [-0.15, -0.1) is 0 Å². The van der Waals surface area contributed by atoms with Crippen LogP contribution in [0.2, 0.25) is 0 Å². The van der Waals surface area contributed by atoms with Crippen LogP contribution in [0.1, 0.15) is 207 Å². The summed E-state index contributed by atoms with van der Waals surface area (Å²) in [5.41, 5.74) is 2.93. The van der Waals surface area contributed by atoms with E-state index in [4.69, 9.17) is 100 Å². The quantitative estimate of drug-likeness (QED) is 0.0158. The molecule has 0 unspecified atom stereocenters. The number of aliphatic hydroxyl groups is 2. The van der Waals surface area contributed by atoms with Crippen molar-refractivity contribution in [2.45, 2.75) is 186 Å². The Hall–Kier alpha value is -7.86. The van der Waals surface area contributed by atoms with E-state index < -0.39 is 11.9 Å². The van der Waals surface area contributed by atoms with E-state index in [2.05, 4.69) is 13.2 Å². The maximum absolute atomic E-state index is 12.8. The summed E-state index contributed by atoms with van der Waals surface area (Å²) in [6, 6.07) is 36.6. The van der Waals surface area contributed by atoms with Crippen LogP contribution in [0.5, 0.6) is 34.5 Å². The third-order valence-corrected chi connectivity index (χ3v) is 18.9. The minimum Gasteiger partial charge on any atom is -0.494 e. The van der Waals surface area contributed by atoms with Crippen molar-refractivity contribution in [3.63, 3.8) is 0 Å². The van der Waals surface area contributed by atoms with Gasteiger partial charge in [-0.3, -0.25) is 0 Å². The lowest BCUT2D eigenvalue weighted by Crippen LogP contribution is -2.15. The zero-order valence-corrected chi connectivity index (χ0v) is 73.1. The molecular formula is C97H146O25. The zero-order valence-electron chi connectivity index (χ0n) is 73.1. The van der Waals surface area contributed by atoms with Gasteiger partial charge < -0.3 is 100 Å². The van der Waals surface area contributed by atoms with Gasteiger partial charge in [0.1, 0.15) is 41.1 Å². The molecule has 0 aliphatic heterocycles. The summed E-state index contributed by atoms with van der Waals surface area (Å²) in [5.74, 6) is 2.45. The van der Waals surface area contributed by atoms with Gasteiger partial charge in [-0.2, -0.15) is 0 Å². The van der Waals surface area contributed by atoms with Crippen molar-refractivity contribution in [2.24, 2.45) is 0 Å². The summed E-state index contributed by atoms with van der Waals surface area (Å²) in [4.78, 5) is 47.4. The van der Waals surface area contributed by atoms with E-state index in [1.165, 1.54) is 128 Å². The maximum Gasteiger partial charge on any atom is 0.343 e. The van der Waals surface area contributed by atoms with Gasteiger partial charge in [-0.05, 0) is 147 Å². The molecule has 0 aromatic heterocycles. The second kappa shape index (κ2) is 79.1. The van der Waals surface area contributed by atoms with E-state index in [1.54, 1.807) is 60.7 Å². The Labute approximate surface area is 727 Å². The van der Waals surface area contributed by atoms with Crippen LogP contribution >= 0.6 is 0 Å². The van der Waals surface area contributed by atoms with Crippen molar-refractivity contribution >= 4 is 23.9 Å². The number of hydrogen-bond donors (Lipinski definition) is 2. The second-order valence-corrected chi connectivity index (χ2v) is 28.9. The van der Waals surface area contributed by atoms with E-state index in [0.717, 1.165) is 105 Å². The standard InChI is InChI=1S/C58H88O18.C39H58O7/c1-2-57(60)75-27-12-10-8-6-4-3-5-7-9-11-26-73-54-21-17-53(18-22-54)58(61)76-56-23-15-52(16-24-56)51-13-19-55(20-14-51)74-50-49-72-48-47-71-46-45-70-44-43-69-42-41-68-40-39-67-38-37-66-36-35-65-34-33-64-32-31-63-30-29-62-28-25-59;1-2-38(41)45-33-21-17-13-8-4-3-7-11-15-19-31-43-35-24-22-34(23-25-35)39(42)46-37-28-26-36(27-29-37)44-32-20-16-12-9-5-6-10-14-18-30-40/h2,13-24,59H,1,3-12,25-50H2;2,22-29,40H,1,3-21,30-33H2. The van der Waals surface area contributed by atoms with Crippen LogP contribution in [0, 0.1) is 0 Å². The van der Waals surface area contributed by atoms with Gasteiger partial charge in [0.25, 0.3) is 0 Å². The minimum atomic E-state index is -0.427. The van der Waals surface area contributed by atoms with Gasteiger partial charge in [0, 0.05) is 18.8 Å². The molecule has 0 saturated carbocycles. The molecule has 25 heteroatoms. The van der Waals surface area contributed by atoms with Gasteiger partial charge in [-0.1, -0.05) is 185 Å². The van der Waals surface area contributed by atoms with Crippen LogP contribution in [0.25, 0.3) is 11.1 Å². The van der Waals surface area contributed by atoms with Gasteiger partial charge in [0.15, 0.2) is 0 Å².